The van der Waals surface area contributed by atoms with Crippen molar-refractivity contribution in [2.45, 2.75) is 232 Å². The minimum atomic E-state index is -0.808. The summed E-state index contributed by atoms with van der Waals surface area (Å²) >= 11 is 0. The zero-order valence-corrected chi connectivity index (χ0v) is 39.7. The molecule has 0 amide bonds. The van der Waals surface area contributed by atoms with E-state index >= 15 is 0 Å². The summed E-state index contributed by atoms with van der Waals surface area (Å²) in [6.07, 6.45) is 62.8. The lowest BCUT2D eigenvalue weighted by Crippen LogP contribution is -2.30. The van der Waals surface area contributed by atoms with Crippen LogP contribution in [0.15, 0.2) is 85.1 Å². The first kappa shape index (κ1) is 57.6. The maximum atomic E-state index is 12.8. The van der Waals surface area contributed by atoms with E-state index in [0.717, 1.165) is 103 Å². The molecule has 0 N–H and O–H groups in total. The van der Waals surface area contributed by atoms with E-state index < -0.39 is 6.10 Å². The fraction of sp³-hybridized carbons (Fsp3) is 0.691. The second kappa shape index (κ2) is 49.2. The topological polar surface area (TPSA) is 78.9 Å². The molecule has 0 unspecified atom stereocenters. The van der Waals surface area contributed by atoms with Gasteiger partial charge in [0.25, 0.3) is 0 Å². The molecule has 6 nitrogen and oxygen atoms in total. The summed E-state index contributed by atoms with van der Waals surface area (Å²) in [6, 6.07) is 0. The molecule has 0 saturated heterocycles. The van der Waals surface area contributed by atoms with Crippen LogP contribution in [0, 0.1) is 0 Å². The van der Waals surface area contributed by atoms with Gasteiger partial charge in [-0.15, -0.1) is 0 Å². The summed E-state index contributed by atoms with van der Waals surface area (Å²) in [5, 5.41) is 0. The van der Waals surface area contributed by atoms with Gasteiger partial charge >= 0.3 is 17.9 Å². The lowest BCUT2D eigenvalue weighted by molar-refractivity contribution is -0.167. The van der Waals surface area contributed by atoms with Gasteiger partial charge in [-0.1, -0.05) is 183 Å². The fourth-order valence-electron chi connectivity index (χ4n) is 6.50. The maximum absolute atomic E-state index is 12.8. The Morgan fingerprint density at radius 2 is 0.623 bits per heavy atom. The van der Waals surface area contributed by atoms with Crippen LogP contribution >= 0.6 is 0 Å². The standard InChI is InChI=1S/C55H92O6/c1-4-7-10-13-16-19-22-25-27-28-29-31-33-36-39-42-45-48-54(57)60-51-52(50-59-53(56)47-44-41-38-35-32-24-21-18-15-12-9-6-3)61-55(58)49-46-43-40-37-34-30-26-23-20-17-14-11-8-5-2/h14,16-19,21,23,25-27,29,31,36,39,52H,4-13,15,20,22,24,28,30,32-35,37-38,40-51H2,1-3H3/b17-14-,19-16-,21-18-,26-23-,27-25-,31-29-,39-36-/t52-/m1/s1. The molecule has 0 aromatic carbocycles. The van der Waals surface area contributed by atoms with Crippen molar-refractivity contribution in [1.82, 2.24) is 0 Å². The molecule has 0 radical (unpaired) electrons. The van der Waals surface area contributed by atoms with Crippen LogP contribution in [0.3, 0.4) is 0 Å². The highest BCUT2D eigenvalue weighted by atomic mass is 16.6. The van der Waals surface area contributed by atoms with Crippen LogP contribution in [0.25, 0.3) is 0 Å². The summed E-state index contributed by atoms with van der Waals surface area (Å²) in [4.78, 5) is 37.9. The normalized spacial score (nSPS) is 12.8. The SMILES string of the molecule is CCCC/C=C\C/C=C\CCCCCCCC(=O)O[C@@H](COC(=O)CCC/C=C\C/C=C\C/C=C\C/C=C\CCCCC)COC(=O)CCCCCCC/C=C\CCCCC. The predicted molar refractivity (Wildman–Crippen MR) is 261 cm³/mol. The monoisotopic (exact) mass is 849 g/mol. The summed E-state index contributed by atoms with van der Waals surface area (Å²) in [6.45, 7) is 6.46. The molecule has 0 aliphatic heterocycles. The summed E-state index contributed by atoms with van der Waals surface area (Å²) in [5.74, 6) is -0.989. The Morgan fingerprint density at radius 1 is 0.328 bits per heavy atom. The first-order valence-corrected chi connectivity index (χ1v) is 25.1. The van der Waals surface area contributed by atoms with Crippen molar-refractivity contribution in [2.24, 2.45) is 0 Å². The molecule has 0 aromatic rings. The summed E-state index contributed by atoms with van der Waals surface area (Å²) in [7, 11) is 0. The molecule has 61 heavy (non-hydrogen) atoms. The zero-order valence-electron chi connectivity index (χ0n) is 39.7. The van der Waals surface area contributed by atoms with Gasteiger partial charge in [0.2, 0.25) is 0 Å². The van der Waals surface area contributed by atoms with E-state index in [1.54, 1.807) is 0 Å². The van der Waals surface area contributed by atoms with Crippen molar-refractivity contribution in [3.8, 4) is 0 Å². The molecular formula is C55H92O6. The molecule has 6 heteroatoms. The highest BCUT2D eigenvalue weighted by molar-refractivity contribution is 5.71. The Kier molecular flexibility index (Phi) is 46.5. The lowest BCUT2D eigenvalue weighted by atomic mass is 10.1. The van der Waals surface area contributed by atoms with Crippen LogP contribution in [-0.4, -0.2) is 37.2 Å². The van der Waals surface area contributed by atoms with Crippen LogP contribution < -0.4 is 0 Å². The molecule has 0 aromatic heterocycles. The molecule has 0 bridgehead atoms. The van der Waals surface area contributed by atoms with Gasteiger partial charge < -0.3 is 14.2 Å². The number of hydrogen-bond acceptors (Lipinski definition) is 6. The molecule has 0 aliphatic carbocycles. The van der Waals surface area contributed by atoms with Crippen molar-refractivity contribution >= 4 is 17.9 Å². The van der Waals surface area contributed by atoms with E-state index in [-0.39, 0.29) is 37.5 Å². The Morgan fingerprint density at radius 3 is 1.05 bits per heavy atom. The van der Waals surface area contributed by atoms with Crippen molar-refractivity contribution in [1.29, 1.82) is 0 Å². The Hall–Kier alpha value is -3.41. The number of carbonyl (C=O) groups excluding carboxylic acids is 3. The minimum absolute atomic E-state index is 0.104. The van der Waals surface area contributed by atoms with Gasteiger partial charge in [-0.3, -0.25) is 14.4 Å². The summed E-state index contributed by atoms with van der Waals surface area (Å²) < 4.78 is 16.7. The largest absolute Gasteiger partial charge is 0.462 e. The predicted octanol–water partition coefficient (Wildman–Crippen LogP) is 16.4. The van der Waals surface area contributed by atoms with Gasteiger partial charge in [0.15, 0.2) is 6.10 Å². The average Bonchev–Trinajstić information content (AvgIpc) is 3.26. The Balaban J connectivity index is 4.51. The number of esters is 3. The van der Waals surface area contributed by atoms with Crippen molar-refractivity contribution in [2.75, 3.05) is 13.2 Å². The molecule has 0 aliphatic rings. The first-order valence-electron chi connectivity index (χ1n) is 25.1. The van der Waals surface area contributed by atoms with Gasteiger partial charge in [-0.05, 0) is 109 Å². The Bertz CT molecular complexity index is 1200. The number of allylic oxidation sites excluding steroid dienone is 14. The fourth-order valence-corrected chi connectivity index (χ4v) is 6.50. The third-order valence-electron chi connectivity index (χ3n) is 10.3. The van der Waals surface area contributed by atoms with Gasteiger partial charge in [-0.2, -0.15) is 0 Å². The van der Waals surface area contributed by atoms with E-state index in [4.69, 9.17) is 14.2 Å². The van der Waals surface area contributed by atoms with Crippen LogP contribution in [0.2, 0.25) is 0 Å². The second-order valence-corrected chi connectivity index (χ2v) is 16.4. The quantitative estimate of drug-likeness (QED) is 0.0263. The number of unbranched alkanes of at least 4 members (excludes halogenated alkanes) is 19. The van der Waals surface area contributed by atoms with E-state index in [1.165, 1.54) is 77.0 Å². The smallest absolute Gasteiger partial charge is 0.306 e. The molecule has 0 heterocycles. The molecule has 0 saturated carbocycles. The third-order valence-corrected chi connectivity index (χ3v) is 10.3. The van der Waals surface area contributed by atoms with E-state index in [9.17, 15) is 14.4 Å². The lowest BCUT2D eigenvalue weighted by Gasteiger charge is -2.18. The molecule has 1 atom stereocenters. The molecule has 0 spiro atoms. The van der Waals surface area contributed by atoms with Crippen molar-refractivity contribution in [3.05, 3.63) is 85.1 Å². The highest BCUT2D eigenvalue weighted by Crippen LogP contribution is 2.12. The van der Waals surface area contributed by atoms with Crippen molar-refractivity contribution in [3.63, 3.8) is 0 Å². The molecule has 0 fully saturated rings. The van der Waals surface area contributed by atoms with Crippen LogP contribution in [-0.2, 0) is 28.6 Å². The second-order valence-electron chi connectivity index (χ2n) is 16.4. The molecule has 348 valence electrons. The number of rotatable bonds is 44. The van der Waals surface area contributed by atoms with E-state index in [2.05, 4.69) is 106 Å². The van der Waals surface area contributed by atoms with Crippen molar-refractivity contribution < 1.29 is 28.6 Å². The van der Waals surface area contributed by atoms with Gasteiger partial charge in [0.1, 0.15) is 13.2 Å². The van der Waals surface area contributed by atoms with Gasteiger partial charge in [0, 0.05) is 19.3 Å². The molecular weight excluding hydrogens is 757 g/mol. The van der Waals surface area contributed by atoms with E-state index in [1.807, 2.05) is 0 Å². The molecule has 0 rings (SSSR count). The third kappa shape index (κ3) is 47.5. The number of carbonyl (C=O) groups is 3. The first-order chi connectivity index (χ1) is 30.0. The van der Waals surface area contributed by atoms with Crippen LogP contribution in [0.1, 0.15) is 226 Å². The van der Waals surface area contributed by atoms with Gasteiger partial charge in [0.05, 0.1) is 0 Å². The zero-order chi connectivity index (χ0) is 44.4. The Labute approximate surface area is 375 Å². The summed E-state index contributed by atoms with van der Waals surface area (Å²) in [5.41, 5.74) is 0. The minimum Gasteiger partial charge on any atom is -0.462 e. The van der Waals surface area contributed by atoms with E-state index in [0.29, 0.717) is 19.3 Å². The highest BCUT2D eigenvalue weighted by Gasteiger charge is 2.19. The number of hydrogen-bond donors (Lipinski definition) is 0. The van der Waals surface area contributed by atoms with Crippen LogP contribution in [0.4, 0.5) is 0 Å². The number of ether oxygens (including phenoxy) is 3. The van der Waals surface area contributed by atoms with Crippen LogP contribution in [0.5, 0.6) is 0 Å². The maximum Gasteiger partial charge on any atom is 0.306 e. The van der Waals surface area contributed by atoms with Gasteiger partial charge in [-0.25, -0.2) is 0 Å². The average molecular weight is 849 g/mol.